The molecule has 2 N–H and O–H groups in total. The fourth-order valence-corrected chi connectivity index (χ4v) is 1.24. The summed E-state index contributed by atoms with van der Waals surface area (Å²) in [6.07, 6.45) is 2.08. The normalized spacial score (nSPS) is 14.2. The maximum atomic E-state index is 10.4. The predicted molar refractivity (Wildman–Crippen MR) is 51.6 cm³/mol. The number of rotatable bonds is 6. The Hall–Kier alpha value is -0.570. The lowest BCUT2D eigenvalue weighted by Crippen LogP contribution is -2.31. The number of aliphatic hydroxyl groups excluding tert-OH is 1. The molecule has 0 heterocycles. The van der Waals surface area contributed by atoms with E-state index in [0.29, 0.717) is 0 Å². The topological polar surface area (TPSA) is 57.5 Å². The van der Waals surface area contributed by atoms with Crippen LogP contribution in [0.4, 0.5) is 0 Å². The third-order valence-corrected chi connectivity index (χ3v) is 2.44. The van der Waals surface area contributed by atoms with Crippen molar-refractivity contribution in [3.8, 4) is 0 Å². The van der Waals surface area contributed by atoms with Crippen molar-refractivity contribution in [1.82, 2.24) is 0 Å². The molecule has 0 aromatic heterocycles. The summed E-state index contributed by atoms with van der Waals surface area (Å²) in [5, 5.41) is 18.1. The van der Waals surface area contributed by atoms with Gasteiger partial charge < -0.3 is 10.2 Å². The lowest BCUT2D eigenvalue weighted by Gasteiger charge is -2.29. The number of carboxylic acid groups (broad SMARTS) is 1. The van der Waals surface area contributed by atoms with E-state index in [4.69, 9.17) is 5.11 Å². The molecule has 0 aliphatic carbocycles. The summed E-state index contributed by atoms with van der Waals surface area (Å²) in [6, 6.07) is 0. The van der Waals surface area contributed by atoms with E-state index in [1.54, 1.807) is 0 Å². The van der Waals surface area contributed by atoms with Crippen molar-refractivity contribution < 1.29 is 15.0 Å². The Morgan fingerprint density at radius 2 is 2.00 bits per heavy atom. The predicted octanol–water partition coefficient (Wildman–Crippen LogP) is 2.04. The van der Waals surface area contributed by atoms with Crippen LogP contribution in [0.1, 0.15) is 46.5 Å². The first-order valence-electron chi connectivity index (χ1n) is 4.80. The summed E-state index contributed by atoms with van der Waals surface area (Å²) in [7, 11) is 0. The van der Waals surface area contributed by atoms with E-state index in [1.165, 1.54) is 0 Å². The number of hydrogen-bond donors (Lipinski definition) is 2. The number of hydrogen-bond acceptors (Lipinski definition) is 2. The van der Waals surface area contributed by atoms with Crippen molar-refractivity contribution in [1.29, 1.82) is 0 Å². The van der Waals surface area contributed by atoms with Crippen LogP contribution in [0.5, 0.6) is 0 Å². The smallest absolute Gasteiger partial charge is 0.305 e. The van der Waals surface area contributed by atoms with Gasteiger partial charge in [-0.1, -0.05) is 33.6 Å². The van der Waals surface area contributed by atoms with Gasteiger partial charge >= 0.3 is 5.97 Å². The molecular formula is C10H20O3. The number of carboxylic acids is 1. The minimum Gasteiger partial charge on any atom is -0.481 e. The van der Waals surface area contributed by atoms with Gasteiger partial charge in [0.1, 0.15) is 0 Å². The largest absolute Gasteiger partial charge is 0.481 e. The lowest BCUT2D eigenvalue weighted by atomic mass is 9.80. The third-order valence-electron chi connectivity index (χ3n) is 2.44. The fourth-order valence-electron chi connectivity index (χ4n) is 1.24. The minimum atomic E-state index is -0.933. The van der Waals surface area contributed by atoms with Gasteiger partial charge in [-0.15, -0.1) is 0 Å². The zero-order valence-electron chi connectivity index (χ0n) is 8.71. The highest BCUT2D eigenvalue weighted by molar-refractivity contribution is 5.67. The second-order valence-electron chi connectivity index (χ2n) is 4.21. The molecule has 0 saturated heterocycles. The summed E-state index contributed by atoms with van der Waals surface area (Å²) in [5.74, 6) is -0.933. The molecule has 13 heavy (non-hydrogen) atoms. The first-order chi connectivity index (χ1) is 5.90. The van der Waals surface area contributed by atoms with E-state index in [-0.39, 0.29) is 11.8 Å². The van der Waals surface area contributed by atoms with E-state index < -0.39 is 12.1 Å². The molecule has 0 bridgehead atoms. The Morgan fingerprint density at radius 3 is 2.38 bits per heavy atom. The Kier molecular flexibility index (Phi) is 4.99. The molecule has 1 unspecified atom stereocenters. The Bertz CT molecular complexity index is 164. The fraction of sp³-hybridized carbons (Fsp3) is 0.900. The quantitative estimate of drug-likeness (QED) is 0.670. The summed E-state index contributed by atoms with van der Waals surface area (Å²) in [6.45, 7) is 5.91. The van der Waals surface area contributed by atoms with Crippen LogP contribution in [0.2, 0.25) is 0 Å². The molecule has 0 spiro atoms. The molecule has 1 atom stereocenters. The van der Waals surface area contributed by atoms with E-state index in [1.807, 2.05) is 13.8 Å². The maximum Gasteiger partial charge on any atom is 0.305 e. The summed E-state index contributed by atoms with van der Waals surface area (Å²) < 4.78 is 0. The van der Waals surface area contributed by atoms with Crippen LogP contribution >= 0.6 is 0 Å². The first-order valence-corrected chi connectivity index (χ1v) is 4.80. The Labute approximate surface area is 79.8 Å². The molecule has 0 aromatic rings. The van der Waals surface area contributed by atoms with E-state index in [0.717, 1.165) is 19.3 Å². The van der Waals surface area contributed by atoms with Gasteiger partial charge in [0.25, 0.3) is 0 Å². The van der Waals surface area contributed by atoms with Crippen molar-refractivity contribution in [3.05, 3.63) is 0 Å². The van der Waals surface area contributed by atoms with E-state index >= 15 is 0 Å². The zero-order valence-corrected chi connectivity index (χ0v) is 8.71. The van der Waals surface area contributed by atoms with Gasteiger partial charge in [-0.3, -0.25) is 4.79 Å². The molecule has 0 amide bonds. The molecule has 0 aromatic carbocycles. The number of aliphatic carboxylic acids is 1. The van der Waals surface area contributed by atoms with Crippen LogP contribution in [0.3, 0.4) is 0 Å². The van der Waals surface area contributed by atoms with Crippen molar-refractivity contribution in [3.63, 3.8) is 0 Å². The summed E-state index contributed by atoms with van der Waals surface area (Å²) >= 11 is 0. The third kappa shape index (κ3) is 4.88. The van der Waals surface area contributed by atoms with Crippen molar-refractivity contribution in [2.24, 2.45) is 5.41 Å². The SMILES string of the molecule is CCCCC(C)(C)C(O)CC(=O)O. The van der Waals surface area contributed by atoms with Gasteiger partial charge in [-0.05, 0) is 11.8 Å². The minimum absolute atomic E-state index is 0.156. The number of unbranched alkanes of at least 4 members (excludes halogenated alkanes) is 1. The van der Waals surface area contributed by atoms with Crippen LogP contribution in [-0.2, 0) is 4.79 Å². The number of carbonyl (C=O) groups is 1. The second kappa shape index (κ2) is 5.22. The van der Waals surface area contributed by atoms with E-state index in [2.05, 4.69) is 6.92 Å². The van der Waals surface area contributed by atoms with Crippen LogP contribution in [0.15, 0.2) is 0 Å². The highest BCUT2D eigenvalue weighted by atomic mass is 16.4. The molecule has 78 valence electrons. The van der Waals surface area contributed by atoms with Gasteiger partial charge in [-0.25, -0.2) is 0 Å². The molecule has 0 radical (unpaired) electrons. The molecule has 3 nitrogen and oxygen atoms in total. The maximum absolute atomic E-state index is 10.4. The summed E-state index contributed by atoms with van der Waals surface area (Å²) in [4.78, 5) is 10.4. The van der Waals surface area contributed by atoms with Crippen LogP contribution in [-0.4, -0.2) is 22.3 Å². The molecular weight excluding hydrogens is 168 g/mol. The van der Waals surface area contributed by atoms with Crippen LogP contribution in [0, 0.1) is 5.41 Å². The molecule has 3 heteroatoms. The van der Waals surface area contributed by atoms with Crippen LogP contribution in [0.25, 0.3) is 0 Å². The van der Waals surface area contributed by atoms with Gasteiger partial charge in [0.05, 0.1) is 12.5 Å². The molecule has 0 aliphatic heterocycles. The molecule has 0 fully saturated rings. The zero-order chi connectivity index (χ0) is 10.5. The van der Waals surface area contributed by atoms with Crippen molar-refractivity contribution in [2.75, 3.05) is 0 Å². The van der Waals surface area contributed by atoms with Crippen molar-refractivity contribution in [2.45, 2.75) is 52.6 Å². The monoisotopic (exact) mass is 188 g/mol. The molecule has 0 aliphatic rings. The van der Waals surface area contributed by atoms with E-state index in [9.17, 15) is 9.90 Å². The Morgan fingerprint density at radius 1 is 1.46 bits per heavy atom. The summed E-state index contributed by atoms with van der Waals surface area (Å²) in [5.41, 5.74) is -0.283. The van der Waals surface area contributed by atoms with Gasteiger partial charge in [-0.2, -0.15) is 0 Å². The standard InChI is InChI=1S/C10H20O3/c1-4-5-6-10(2,3)8(11)7-9(12)13/h8,11H,4-7H2,1-3H3,(H,12,13). The lowest BCUT2D eigenvalue weighted by molar-refractivity contribution is -0.141. The van der Waals surface area contributed by atoms with Gasteiger partial charge in [0.15, 0.2) is 0 Å². The second-order valence-corrected chi connectivity index (χ2v) is 4.21. The number of aliphatic hydroxyl groups is 1. The van der Waals surface area contributed by atoms with Crippen molar-refractivity contribution >= 4 is 5.97 Å². The highest BCUT2D eigenvalue weighted by Crippen LogP contribution is 2.29. The average molecular weight is 188 g/mol. The van der Waals surface area contributed by atoms with Gasteiger partial charge in [0, 0.05) is 0 Å². The first kappa shape index (κ1) is 12.4. The molecule has 0 rings (SSSR count). The Balaban J connectivity index is 4.01. The molecule has 0 saturated carbocycles. The highest BCUT2D eigenvalue weighted by Gasteiger charge is 2.28. The van der Waals surface area contributed by atoms with Gasteiger partial charge in [0.2, 0.25) is 0 Å². The van der Waals surface area contributed by atoms with Crippen LogP contribution < -0.4 is 0 Å². The average Bonchev–Trinajstić information content (AvgIpc) is 1.99.